The van der Waals surface area contributed by atoms with Crippen molar-refractivity contribution >= 4 is 32.7 Å². The zero-order valence-corrected chi connectivity index (χ0v) is 12.3. The van der Waals surface area contributed by atoms with E-state index < -0.39 is 10.0 Å². The molecule has 0 spiro atoms. The molecule has 18 heavy (non-hydrogen) atoms. The summed E-state index contributed by atoms with van der Waals surface area (Å²) in [4.78, 5) is 3.33. The summed E-state index contributed by atoms with van der Waals surface area (Å²) < 4.78 is 26.6. The zero-order chi connectivity index (χ0) is 13.2. The predicted molar refractivity (Wildman–Crippen MR) is 75.3 cm³/mol. The molecule has 0 unspecified atom stereocenters. The molecule has 3 N–H and O–H groups in total. The van der Waals surface area contributed by atoms with Crippen LogP contribution in [0.3, 0.4) is 0 Å². The molecule has 2 aromatic heterocycles. The van der Waals surface area contributed by atoms with Gasteiger partial charge in [-0.2, -0.15) is 0 Å². The highest BCUT2D eigenvalue weighted by Crippen LogP contribution is 2.20. The average molecular weight is 302 g/mol. The van der Waals surface area contributed by atoms with Gasteiger partial charge in [0.15, 0.2) is 0 Å². The highest BCUT2D eigenvalue weighted by Gasteiger charge is 2.15. The number of hydrogen-bond acceptors (Lipinski definition) is 5. The topological polar surface area (TPSA) is 72.2 Å². The summed E-state index contributed by atoms with van der Waals surface area (Å²) in [5.41, 5.74) is 5.47. The van der Waals surface area contributed by atoms with E-state index in [0.29, 0.717) is 18.0 Å². The van der Waals surface area contributed by atoms with Gasteiger partial charge in [0.25, 0.3) is 0 Å². The molecule has 0 aliphatic rings. The summed E-state index contributed by atoms with van der Waals surface area (Å²) in [6, 6.07) is 5.53. The maximum absolute atomic E-state index is 12.0. The van der Waals surface area contributed by atoms with Crippen LogP contribution in [-0.2, 0) is 23.1 Å². The van der Waals surface area contributed by atoms with Crippen LogP contribution in [0.5, 0.6) is 0 Å². The first-order valence-corrected chi connectivity index (χ1v) is 8.51. The number of hydrogen-bond donors (Lipinski definition) is 2. The first kappa shape index (κ1) is 13.7. The molecular formula is C11H14N2O2S3. The molecule has 0 aliphatic carbocycles. The Morgan fingerprint density at radius 3 is 2.67 bits per heavy atom. The molecule has 7 heteroatoms. The van der Waals surface area contributed by atoms with Crippen LogP contribution in [0.15, 0.2) is 28.5 Å². The lowest BCUT2D eigenvalue weighted by Gasteiger charge is -2.02. The van der Waals surface area contributed by atoms with Gasteiger partial charge in [0.1, 0.15) is 0 Å². The highest BCUT2D eigenvalue weighted by molar-refractivity contribution is 7.89. The summed E-state index contributed by atoms with van der Waals surface area (Å²) in [7, 11) is -3.43. The van der Waals surface area contributed by atoms with Crippen LogP contribution in [0.1, 0.15) is 14.6 Å². The van der Waals surface area contributed by atoms with E-state index in [-0.39, 0.29) is 0 Å². The van der Waals surface area contributed by atoms with Crippen molar-refractivity contribution in [1.82, 2.24) is 4.72 Å². The van der Waals surface area contributed by atoms with Gasteiger partial charge in [-0.1, -0.05) is 0 Å². The smallest absolute Gasteiger partial charge is 0.241 e. The Kier molecular flexibility index (Phi) is 4.18. The second-order valence-electron chi connectivity index (χ2n) is 3.79. The second kappa shape index (κ2) is 5.50. The summed E-state index contributed by atoms with van der Waals surface area (Å²) in [6.45, 7) is 2.69. The minimum atomic E-state index is -3.43. The van der Waals surface area contributed by atoms with Crippen LogP contribution in [-0.4, -0.2) is 8.42 Å². The largest absolute Gasteiger partial charge is 0.326 e. The van der Waals surface area contributed by atoms with Crippen molar-refractivity contribution < 1.29 is 8.42 Å². The zero-order valence-electron chi connectivity index (χ0n) is 9.84. The van der Waals surface area contributed by atoms with Crippen molar-refractivity contribution in [2.75, 3.05) is 0 Å². The fourth-order valence-electron chi connectivity index (χ4n) is 1.44. The summed E-state index contributed by atoms with van der Waals surface area (Å²) in [6.07, 6.45) is 0. The van der Waals surface area contributed by atoms with Crippen molar-refractivity contribution in [3.05, 3.63) is 38.2 Å². The second-order valence-corrected chi connectivity index (χ2v) is 7.92. The van der Waals surface area contributed by atoms with E-state index in [4.69, 9.17) is 5.73 Å². The molecule has 0 aromatic carbocycles. The van der Waals surface area contributed by atoms with E-state index in [1.165, 1.54) is 16.2 Å². The van der Waals surface area contributed by atoms with Crippen molar-refractivity contribution in [2.45, 2.75) is 24.9 Å². The standard InChI is InChI=1S/C11H14N2O2S3/c1-8-2-3-9(17-8)6-13-18(14,15)11-4-10(5-12)16-7-11/h2-4,7,13H,5-6,12H2,1H3. The Labute approximate surface area is 115 Å². The monoisotopic (exact) mass is 302 g/mol. The minimum Gasteiger partial charge on any atom is -0.326 e. The third kappa shape index (κ3) is 3.18. The Morgan fingerprint density at radius 2 is 2.11 bits per heavy atom. The van der Waals surface area contributed by atoms with Crippen LogP contribution in [0, 0.1) is 6.92 Å². The SMILES string of the molecule is Cc1ccc(CNS(=O)(=O)c2csc(CN)c2)s1. The quantitative estimate of drug-likeness (QED) is 0.888. The van der Waals surface area contributed by atoms with Crippen LogP contribution in [0.2, 0.25) is 0 Å². The van der Waals surface area contributed by atoms with Gasteiger partial charge < -0.3 is 5.73 Å². The normalized spacial score (nSPS) is 11.9. The Balaban J connectivity index is 2.07. The van der Waals surface area contributed by atoms with Gasteiger partial charge in [-0.05, 0) is 25.1 Å². The minimum absolute atomic E-state index is 0.293. The summed E-state index contributed by atoms with van der Waals surface area (Å²) >= 11 is 2.95. The number of thiophene rings is 2. The van der Waals surface area contributed by atoms with Gasteiger partial charge >= 0.3 is 0 Å². The van der Waals surface area contributed by atoms with Gasteiger partial charge in [0.2, 0.25) is 10.0 Å². The highest BCUT2D eigenvalue weighted by atomic mass is 32.2. The molecule has 0 saturated heterocycles. The van der Waals surface area contributed by atoms with Crippen LogP contribution in [0.4, 0.5) is 0 Å². The van der Waals surface area contributed by atoms with Crippen LogP contribution < -0.4 is 10.5 Å². The van der Waals surface area contributed by atoms with Gasteiger partial charge in [0.05, 0.1) is 4.90 Å². The molecule has 4 nitrogen and oxygen atoms in total. The van der Waals surface area contributed by atoms with Gasteiger partial charge in [-0.25, -0.2) is 13.1 Å². The molecule has 2 aromatic rings. The fraction of sp³-hybridized carbons (Fsp3) is 0.273. The lowest BCUT2D eigenvalue weighted by molar-refractivity contribution is 0.582. The first-order chi connectivity index (χ1) is 8.51. The molecule has 0 fully saturated rings. The number of nitrogens with two attached hydrogens (primary N) is 1. The lowest BCUT2D eigenvalue weighted by atomic mass is 10.4. The predicted octanol–water partition coefficient (Wildman–Crippen LogP) is 2.06. The molecule has 0 atom stereocenters. The maximum Gasteiger partial charge on any atom is 0.241 e. The van der Waals surface area contributed by atoms with E-state index in [2.05, 4.69) is 4.72 Å². The molecule has 0 aliphatic heterocycles. The number of rotatable bonds is 5. The molecule has 0 bridgehead atoms. The number of nitrogens with one attached hydrogen (secondary N) is 1. The van der Waals surface area contributed by atoms with Crippen molar-refractivity contribution in [3.63, 3.8) is 0 Å². The average Bonchev–Trinajstić information content (AvgIpc) is 2.95. The molecule has 2 rings (SSSR count). The Hall–Kier alpha value is -0.730. The van der Waals surface area contributed by atoms with Crippen molar-refractivity contribution in [1.29, 1.82) is 0 Å². The summed E-state index contributed by atoms with van der Waals surface area (Å²) in [5, 5.41) is 1.62. The van der Waals surface area contributed by atoms with Crippen molar-refractivity contribution in [2.24, 2.45) is 5.73 Å². The van der Waals surface area contributed by atoms with E-state index in [1.54, 1.807) is 22.8 Å². The van der Waals surface area contributed by atoms with Gasteiger partial charge in [-0.3, -0.25) is 0 Å². The molecule has 98 valence electrons. The first-order valence-electron chi connectivity index (χ1n) is 5.34. The summed E-state index contributed by atoms with van der Waals surface area (Å²) in [5.74, 6) is 0. The van der Waals surface area contributed by atoms with Gasteiger partial charge in [-0.15, -0.1) is 22.7 Å². The molecule has 0 radical (unpaired) electrons. The molecular weight excluding hydrogens is 288 g/mol. The lowest BCUT2D eigenvalue weighted by Crippen LogP contribution is -2.22. The third-order valence-corrected chi connectivity index (χ3v) is 5.86. The van der Waals surface area contributed by atoms with E-state index in [9.17, 15) is 8.42 Å². The number of sulfonamides is 1. The molecule has 2 heterocycles. The maximum atomic E-state index is 12.0. The molecule has 0 saturated carbocycles. The molecule has 0 amide bonds. The van der Waals surface area contributed by atoms with E-state index in [1.807, 2.05) is 19.1 Å². The van der Waals surface area contributed by atoms with Crippen LogP contribution >= 0.6 is 22.7 Å². The fourth-order valence-corrected chi connectivity index (χ4v) is 4.52. The third-order valence-electron chi connectivity index (χ3n) is 2.37. The number of aryl methyl sites for hydroxylation is 1. The van der Waals surface area contributed by atoms with Crippen molar-refractivity contribution in [3.8, 4) is 0 Å². The Bertz CT molecular complexity index is 628. The van der Waals surface area contributed by atoms with Crippen LogP contribution in [0.25, 0.3) is 0 Å². The van der Waals surface area contributed by atoms with E-state index >= 15 is 0 Å². The van der Waals surface area contributed by atoms with Gasteiger partial charge in [0, 0.05) is 33.1 Å². The van der Waals surface area contributed by atoms with E-state index in [0.717, 1.165) is 9.75 Å². The Morgan fingerprint density at radius 1 is 1.33 bits per heavy atom.